The van der Waals surface area contributed by atoms with E-state index in [2.05, 4.69) is 6.08 Å². The second-order valence-corrected chi connectivity index (χ2v) is 7.01. The molecular formula is C17H26O. The molecule has 0 bridgehead atoms. The first-order chi connectivity index (χ1) is 8.89. The van der Waals surface area contributed by atoms with Gasteiger partial charge in [-0.1, -0.05) is 37.3 Å². The molecule has 0 radical (unpaired) electrons. The minimum atomic E-state index is 0.283. The average molecular weight is 246 g/mol. The van der Waals surface area contributed by atoms with Crippen molar-refractivity contribution in [2.45, 2.75) is 82.3 Å². The smallest absolute Gasteiger partial charge is 0.0751 e. The maximum Gasteiger partial charge on any atom is 0.0751 e. The van der Waals surface area contributed by atoms with Gasteiger partial charge < -0.3 is 4.74 Å². The molecule has 3 atom stereocenters. The summed E-state index contributed by atoms with van der Waals surface area (Å²) in [5, 5.41) is 0. The fraction of sp³-hybridized carbons (Fsp3) is 0.882. The molecule has 0 aromatic carbocycles. The summed E-state index contributed by atoms with van der Waals surface area (Å²) >= 11 is 0. The van der Waals surface area contributed by atoms with Gasteiger partial charge in [0, 0.05) is 11.8 Å². The zero-order valence-electron chi connectivity index (χ0n) is 11.5. The van der Waals surface area contributed by atoms with Crippen LogP contribution in [-0.4, -0.2) is 11.7 Å². The van der Waals surface area contributed by atoms with Crippen LogP contribution in [0.5, 0.6) is 0 Å². The Hall–Kier alpha value is -0.300. The van der Waals surface area contributed by atoms with Gasteiger partial charge in [-0.2, -0.15) is 0 Å². The number of hydrogen-bond donors (Lipinski definition) is 0. The quantitative estimate of drug-likeness (QED) is 0.567. The molecule has 1 saturated heterocycles. The zero-order valence-corrected chi connectivity index (χ0v) is 11.5. The average Bonchev–Trinajstić information content (AvgIpc) is 2.89. The molecule has 100 valence electrons. The van der Waals surface area contributed by atoms with Crippen molar-refractivity contribution in [1.29, 1.82) is 0 Å². The standard InChI is InChI=1S/C17H26O/c1-3-9-15-13(7-1)14-8-2-4-10-16(14)18-17(15)11-5-6-12-17/h7,14-16H,1-6,8-12H2. The Balaban J connectivity index is 1.71. The van der Waals surface area contributed by atoms with E-state index in [4.69, 9.17) is 4.74 Å². The highest BCUT2D eigenvalue weighted by molar-refractivity contribution is 5.24. The van der Waals surface area contributed by atoms with Gasteiger partial charge in [0.2, 0.25) is 0 Å². The molecule has 4 aliphatic rings. The van der Waals surface area contributed by atoms with Crippen LogP contribution in [0.25, 0.3) is 0 Å². The summed E-state index contributed by atoms with van der Waals surface area (Å²) < 4.78 is 6.77. The minimum Gasteiger partial charge on any atom is -0.371 e. The van der Waals surface area contributed by atoms with E-state index in [1.807, 2.05) is 5.57 Å². The van der Waals surface area contributed by atoms with E-state index < -0.39 is 0 Å². The second kappa shape index (κ2) is 4.37. The first-order valence-electron chi connectivity index (χ1n) is 8.27. The molecule has 0 N–H and O–H groups in total. The Morgan fingerprint density at radius 3 is 2.67 bits per heavy atom. The number of ether oxygens (including phenoxy) is 1. The molecule has 0 amide bonds. The SMILES string of the molecule is C1=C2C3CCCCC3OC3(CCCC3)C2CCC1. The summed E-state index contributed by atoms with van der Waals surface area (Å²) in [7, 11) is 0. The van der Waals surface area contributed by atoms with Crippen molar-refractivity contribution in [3.63, 3.8) is 0 Å². The molecule has 3 fully saturated rings. The summed E-state index contributed by atoms with van der Waals surface area (Å²) in [6.45, 7) is 0. The van der Waals surface area contributed by atoms with Crippen molar-refractivity contribution in [3.8, 4) is 0 Å². The van der Waals surface area contributed by atoms with Crippen molar-refractivity contribution < 1.29 is 4.74 Å². The van der Waals surface area contributed by atoms with Gasteiger partial charge in [0.25, 0.3) is 0 Å². The molecule has 3 aliphatic carbocycles. The molecule has 2 saturated carbocycles. The molecular weight excluding hydrogens is 220 g/mol. The lowest BCUT2D eigenvalue weighted by molar-refractivity contribution is -0.170. The second-order valence-electron chi connectivity index (χ2n) is 7.01. The topological polar surface area (TPSA) is 9.23 Å². The maximum absolute atomic E-state index is 6.77. The van der Waals surface area contributed by atoms with Gasteiger partial charge in [0.15, 0.2) is 0 Å². The molecule has 0 aromatic rings. The summed E-state index contributed by atoms with van der Waals surface area (Å²) in [6, 6.07) is 0. The number of fused-ring (bicyclic) bond motifs is 4. The van der Waals surface area contributed by atoms with E-state index in [0.29, 0.717) is 6.10 Å². The zero-order chi connectivity index (χ0) is 12.0. The third-order valence-corrected chi connectivity index (χ3v) is 6.08. The molecule has 1 spiro atoms. The van der Waals surface area contributed by atoms with Gasteiger partial charge in [-0.3, -0.25) is 0 Å². The Labute approximate surface area is 111 Å². The van der Waals surface area contributed by atoms with Crippen LogP contribution in [0.1, 0.15) is 70.6 Å². The van der Waals surface area contributed by atoms with Gasteiger partial charge in [-0.05, 0) is 44.9 Å². The largest absolute Gasteiger partial charge is 0.371 e. The van der Waals surface area contributed by atoms with Crippen molar-refractivity contribution in [2.24, 2.45) is 11.8 Å². The van der Waals surface area contributed by atoms with Gasteiger partial charge in [-0.25, -0.2) is 0 Å². The van der Waals surface area contributed by atoms with Crippen LogP contribution in [0.2, 0.25) is 0 Å². The molecule has 1 aliphatic heterocycles. The summed E-state index contributed by atoms with van der Waals surface area (Å²) in [4.78, 5) is 0. The fourth-order valence-corrected chi connectivity index (χ4v) is 5.32. The van der Waals surface area contributed by atoms with Gasteiger partial charge >= 0.3 is 0 Å². The summed E-state index contributed by atoms with van der Waals surface area (Å²) in [5.41, 5.74) is 2.13. The molecule has 1 heterocycles. The van der Waals surface area contributed by atoms with Crippen LogP contribution in [-0.2, 0) is 4.74 Å². The van der Waals surface area contributed by atoms with E-state index >= 15 is 0 Å². The lowest BCUT2D eigenvalue weighted by Crippen LogP contribution is -2.52. The Bertz CT molecular complexity index is 351. The van der Waals surface area contributed by atoms with E-state index in [9.17, 15) is 0 Å². The van der Waals surface area contributed by atoms with Gasteiger partial charge in [-0.15, -0.1) is 0 Å². The fourth-order valence-electron chi connectivity index (χ4n) is 5.32. The lowest BCUT2D eigenvalue weighted by atomic mass is 9.64. The van der Waals surface area contributed by atoms with Crippen LogP contribution >= 0.6 is 0 Å². The van der Waals surface area contributed by atoms with Crippen LogP contribution in [0.4, 0.5) is 0 Å². The van der Waals surface area contributed by atoms with Crippen LogP contribution in [0, 0.1) is 11.8 Å². The third-order valence-electron chi connectivity index (χ3n) is 6.08. The van der Waals surface area contributed by atoms with Crippen molar-refractivity contribution in [2.75, 3.05) is 0 Å². The number of rotatable bonds is 0. The molecule has 4 rings (SSSR count). The highest BCUT2D eigenvalue weighted by Gasteiger charge is 2.52. The molecule has 18 heavy (non-hydrogen) atoms. The van der Waals surface area contributed by atoms with Gasteiger partial charge in [0.05, 0.1) is 11.7 Å². The lowest BCUT2D eigenvalue weighted by Gasteiger charge is -2.53. The normalized spacial score (nSPS) is 42.2. The van der Waals surface area contributed by atoms with E-state index in [1.165, 1.54) is 70.6 Å². The Morgan fingerprint density at radius 1 is 0.944 bits per heavy atom. The predicted octanol–water partition coefficient (Wildman–Crippen LogP) is 4.61. The molecule has 1 nitrogen and oxygen atoms in total. The Kier molecular flexibility index (Phi) is 2.80. The van der Waals surface area contributed by atoms with E-state index in [1.54, 1.807) is 0 Å². The van der Waals surface area contributed by atoms with E-state index in [0.717, 1.165) is 11.8 Å². The van der Waals surface area contributed by atoms with Crippen LogP contribution < -0.4 is 0 Å². The summed E-state index contributed by atoms with van der Waals surface area (Å²) in [5.74, 6) is 1.60. The van der Waals surface area contributed by atoms with Crippen LogP contribution in [0.3, 0.4) is 0 Å². The maximum atomic E-state index is 6.77. The first-order valence-corrected chi connectivity index (χ1v) is 8.27. The van der Waals surface area contributed by atoms with Crippen molar-refractivity contribution in [3.05, 3.63) is 11.6 Å². The number of allylic oxidation sites excluding steroid dienone is 1. The molecule has 1 heteroatoms. The molecule has 0 aromatic heterocycles. The summed E-state index contributed by atoms with van der Waals surface area (Å²) in [6.07, 6.45) is 18.4. The number of hydrogen-bond acceptors (Lipinski definition) is 1. The molecule has 3 unspecified atom stereocenters. The minimum absolute atomic E-state index is 0.283. The van der Waals surface area contributed by atoms with Crippen LogP contribution in [0.15, 0.2) is 11.6 Å². The predicted molar refractivity (Wildman–Crippen MR) is 73.5 cm³/mol. The first kappa shape index (κ1) is 11.5. The van der Waals surface area contributed by atoms with Gasteiger partial charge in [0.1, 0.15) is 0 Å². The Morgan fingerprint density at radius 2 is 1.78 bits per heavy atom. The van der Waals surface area contributed by atoms with Crippen molar-refractivity contribution in [1.82, 2.24) is 0 Å². The third kappa shape index (κ3) is 1.62. The monoisotopic (exact) mass is 246 g/mol. The highest BCUT2D eigenvalue weighted by atomic mass is 16.5. The highest BCUT2D eigenvalue weighted by Crippen LogP contribution is 2.55. The van der Waals surface area contributed by atoms with Crippen molar-refractivity contribution >= 4 is 0 Å². The van der Waals surface area contributed by atoms with E-state index in [-0.39, 0.29) is 5.60 Å².